The fourth-order valence-corrected chi connectivity index (χ4v) is 2.90. The van der Waals surface area contributed by atoms with Crippen molar-refractivity contribution in [1.82, 2.24) is 4.90 Å². The lowest BCUT2D eigenvalue weighted by molar-refractivity contribution is -0.137. The molecule has 0 aromatic heterocycles. The first-order valence-electron chi connectivity index (χ1n) is 8.85. The smallest absolute Gasteiger partial charge is 0.330 e. The lowest BCUT2D eigenvalue weighted by Crippen LogP contribution is -2.33. The van der Waals surface area contributed by atoms with Gasteiger partial charge >= 0.3 is 5.97 Å². The van der Waals surface area contributed by atoms with Gasteiger partial charge in [-0.3, -0.25) is 4.79 Å². The maximum Gasteiger partial charge on any atom is 0.330 e. The van der Waals surface area contributed by atoms with Gasteiger partial charge in [-0.05, 0) is 58.0 Å². The molecule has 0 unspecified atom stereocenters. The number of benzene rings is 1. The van der Waals surface area contributed by atoms with Crippen molar-refractivity contribution in [3.05, 3.63) is 42.0 Å². The number of halogens is 2. The number of carbonyl (C=O) groups is 2. The molecule has 26 heavy (non-hydrogen) atoms. The van der Waals surface area contributed by atoms with Crippen LogP contribution in [0.4, 0.5) is 14.5 Å². The summed E-state index contributed by atoms with van der Waals surface area (Å²) in [6.45, 7) is 5.13. The zero-order valence-electron chi connectivity index (χ0n) is 14.9. The number of esters is 1. The SMILES string of the molecule is CCOC(=O)/C=C/C(=O)N(CCCN1CCCC1)c1ccc(F)c(F)c1. The molecule has 1 aliphatic rings. The van der Waals surface area contributed by atoms with Gasteiger partial charge in [0.2, 0.25) is 0 Å². The standard InChI is InChI=1S/C19H24F2N2O3/c1-2-26-19(25)9-8-18(24)23(13-5-12-22-10-3-4-11-22)15-6-7-16(20)17(21)14-15/h6-9,14H,2-5,10-13H2,1H3/b9-8+. The molecule has 1 amide bonds. The van der Waals surface area contributed by atoms with Crippen LogP contribution in [-0.2, 0) is 14.3 Å². The molecule has 0 spiro atoms. The van der Waals surface area contributed by atoms with E-state index in [1.54, 1.807) is 6.92 Å². The third kappa shape index (κ3) is 5.91. The van der Waals surface area contributed by atoms with Crippen molar-refractivity contribution in [2.45, 2.75) is 26.2 Å². The second-order valence-corrected chi connectivity index (χ2v) is 6.08. The average Bonchev–Trinajstić information content (AvgIpc) is 3.13. The molecule has 0 radical (unpaired) electrons. The maximum atomic E-state index is 13.6. The third-order valence-corrected chi connectivity index (χ3v) is 4.18. The van der Waals surface area contributed by atoms with Crippen molar-refractivity contribution in [3.63, 3.8) is 0 Å². The van der Waals surface area contributed by atoms with E-state index in [1.165, 1.54) is 23.8 Å². The van der Waals surface area contributed by atoms with E-state index in [-0.39, 0.29) is 12.3 Å². The normalized spacial score (nSPS) is 14.7. The van der Waals surface area contributed by atoms with E-state index in [4.69, 9.17) is 4.74 Å². The van der Waals surface area contributed by atoms with Gasteiger partial charge in [-0.2, -0.15) is 0 Å². The molecule has 1 saturated heterocycles. The molecule has 0 N–H and O–H groups in total. The molecule has 0 saturated carbocycles. The topological polar surface area (TPSA) is 49.9 Å². The predicted octanol–water partition coefficient (Wildman–Crippen LogP) is 2.90. The number of rotatable bonds is 8. The Hall–Kier alpha value is -2.28. The molecule has 1 fully saturated rings. The van der Waals surface area contributed by atoms with E-state index >= 15 is 0 Å². The molecular weight excluding hydrogens is 342 g/mol. The number of hydrogen-bond acceptors (Lipinski definition) is 4. The molecule has 0 aliphatic carbocycles. The fourth-order valence-electron chi connectivity index (χ4n) is 2.90. The number of nitrogens with zero attached hydrogens (tertiary/aromatic N) is 2. The van der Waals surface area contributed by atoms with Crippen LogP contribution >= 0.6 is 0 Å². The summed E-state index contributed by atoms with van der Waals surface area (Å²) in [6.07, 6.45) is 5.18. The van der Waals surface area contributed by atoms with Crippen LogP contribution < -0.4 is 4.90 Å². The lowest BCUT2D eigenvalue weighted by atomic mass is 10.2. The number of carbonyl (C=O) groups excluding carboxylic acids is 2. The highest BCUT2D eigenvalue weighted by atomic mass is 19.2. The Bertz CT molecular complexity index is 658. The van der Waals surface area contributed by atoms with Gasteiger partial charge < -0.3 is 14.5 Å². The summed E-state index contributed by atoms with van der Waals surface area (Å²) < 4.78 is 31.5. The van der Waals surface area contributed by atoms with Gasteiger partial charge in [0.25, 0.3) is 5.91 Å². The number of anilines is 1. The maximum absolute atomic E-state index is 13.6. The molecule has 7 heteroatoms. The first kappa shape index (κ1) is 20.0. The zero-order valence-corrected chi connectivity index (χ0v) is 14.9. The highest BCUT2D eigenvalue weighted by molar-refractivity contribution is 6.04. The van der Waals surface area contributed by atoms with Gasteiger partial charge in [0.05, 0.1) is 6.61 Å². The van der Waals surface area contributed by atoms with Gasteiger partial charge in [0, 0.05) is 30.5 Å². The van der Waals surface area contributed by atoms with Gasteiger partial charge in [-0.25, -0.2) is 13.6 Å². The first-order chi connectivity index (χ1) is 12.5. The van der Waals surface area contributed by atoms with E-state index in [9.17, 15) is 18.4 Å². The minimum atomic E-state index is -1.02. The van der Waals surface area contributed by atoms with Crippen molar-refractivity contribution >= 4 is 17.6 Å². The van der Waals surface area contributed by atoms with Gasteiger partial charge in [0.15, 0.2) is 11.6 Å². The van der Waals surface area contributed by atoms with Crippen LogP contribution in [0.3, 0.4) is 0 Å². The highest BCUT2D eigenvalue weighted by Gasteiger charge is 2.17. The average molecular weight is 366 g/mol. The van der Waals surface area contributed by atoms with Crippen LogP contribution in [-0.4, -0.2) is 49.6 Å². The third-order valence-electron chi connectivity index (χ3n) is 4.18. The van der Waals surface area contributed by atoms with Crippen LogP contribution in [0.2, 0.25) is 0 Å². The molecule has 1 aliphatic heterocycles. The van der Waals surface area contributed by atoms with Crippen molar-refractivity contribution in [2.75, 3.05) is 37.7 Å². The Morgan fingerprint density at radius 3 is 2.58 bits per heavy atom. The summed E-state index contributed by atoms with van der Waals surface area (Å²) >= 11 is 0. The minimum absolute atomic E-state index is 0.208. The van der Waals surface area contributed by atoms with E-state index in [0.29, 0.717) is 13.0 Å². The summed E-state index contributed by atoms with van der Waals surface area (Å²) in [6, 6.07) is 3.33. The second kappa shape index (κ2) is 10.0. The number of amides is 1. The van der Waals surface area contributed by atoms with Gasteiger partial charge in [0.1, 0.15) is 0 Å². The predicted molar refractivity (Wildman–Crippen MR) is 94.8 cm³/mol. The van der Waals surface area contributed by atoms with Crippen molar-refractivity contribution < 1.29 is 23.1 Å². The van der Waals surface area contributed by atoms with Crippen molar-refractivity contribution in [1.29, 1.82) is 0 Å². The van der Waals surface area contributed by atoms with E-state index in [1.807, 2.05) is 0 Å². The summed E-state index contributed by atoms with van der Waals surface area (Å²) in [5, 5.41) is 0. The molecule has 1 heterocycles. The van der Waals surface area contributed by atoms with E-state index < -0.39 is 23.5 Å². The Balaban J connectivity index is 2.07. The molecule has 2 rings (SSSR count). The largest absolute Gasteiger partial charge is 0.463 e. The first-order valence-corrected chi connectivity index (χ1v) is 8.85. The molecular formula is C19H24F2N2O3. The van der Waals surface area contributed by atoms with Gasteiger partial charge in [-0.15, -0.1) is 0 Å². The van der Waals surface area contributed by atoms with E-state index in [2.05, 4.69) is 4.90 Å². The van der Waals surface area contributed by atoms with Crippen LogP contribution in [0.15, 0.2) is 30.4 Å². The quantitative estimate of drug-likeness (QED) is 0.524. The molecule has 1 aromatic carbocycles. The van der Waals surface area contributed by atoms with Crippen molar-refractivity contribution in [3.8, 4) is 0 Å². The fraction of sp³-hybridized carbons (Fsp3) is 0.474. The summed E-state index contributed by atoms with van der Waals surface area (Å²) in [5.74, 6) is -3.09. The van der Waals surface area contributed by atoms with Crippen LogP contribution in [0.1, 0.15) is 26.2 Å². The van der Waals surface area contributed by atoms with Crippen LogP contribution in [0.5, 0.6) is 0 Å². The molecule has 5 nitrogen and oxygen atoms in total. The summed E-state index contributed by atoms with van der Waals surface area (Å²) in [5.41, 5.74) is 0.254. The Labute approximate surface area is 152 Å². The van der Waals surface area contributed by atoms with Crippen molar-refractivity contribution in [2.24, 2.45) is 0 Å². The van der Waals surface area contributed by atoms with Crippen LogP contribution in [0.25, 0.3) is 0 Å². The van der Waals surface area contributed by atoms with E-state index in [0.717, 1.165) is 43.9 Å². The Morgan fingerprint density at radius 2 is 1.92 bits per heavy atom. The number of likely N-dealkylation sites (tertiary alicyclic amines) is 1. The Morgan fingerprint density at radius 1 is 1.19 bits per heavy atom. The lowest BCUT2D eigenvalue weighted by Gasteiger charge is -2.23. The minimum Gasteiger partial charge on any atom is -0.463 e. The highest BCUT2D eigenvalue weighted by Crippen LogP contribution is 2.19. The second-order valence-electron chi connectivity index (χ2n) is 6.08. The molecule has 0 bridgehead atoms. The van der Waals surface area contributed by atoms with Gasteiger partial charge in [-0.1, -0.05) is 0 Å². The molecule has 0 atom stereocenters. The monoisotopic (exact) mass is 366 g/mol. The summed E-state index contributed by atoms with van der Waals surface area (Å²) in [4.78, 5) is 27.5. The molecule has 1 aromatic rings. The molecule has 142 valence electrons. The zero-order chi connectivity index (χ0) is 18.9. The number of ether oxygens (including phenoxy) is 1. The number of hydrogen-bond donors (Lipinski definition) is 0. The summed E-state index contributed by atoms with van der Waals surface area (Å²) in [7, 11) is 0. The Kier molecular flexibility index (Phi) is 7.72. The van der Waals surface area contributed by atoms with Crippen LogP contribution in [0, 0.1) is 11.6 Å².